The van der Waals surface area contributed by atoms with Gasteiger partial charge in [-0.2, -0.15) is 0 Å². The van der Waals surface area contributed by atoms with E-state index in [0.717, 1.165) is 13.1 Å². The predicted octanol–water partition coefficient (Wildman–Crippen LogP) is 1.18. The van der Waals surface area contributed by atoms with Gasteiger partial charge in [0.05, 0.1) is 13.2 Å². The number of anilines is 1. The molecule has 0 saturated carbocycles. The molecular formula is C12H13BrN4O3. The van der Waals surface area contributed by atoms with Crippen molar-refractivity contribution < 1.29 is 13.9 Å². The Morgan fingerprint density at radius 2 is 2.15 bits per heavy atom. The summed E-state index contributed by atoms with van der Waals surface area (Å²) in [4.78, 5) is 22.3. The largest absolute Gasteiger partial charge is 0.445 e. The summed E-state index contributed by atoms with van der Waals surface area (Å²) in [5.74, 6) is 0.622. The lowest BCUT2D eigenvalue weighted by molar-refractivity contribution is 0.0937. The molecule has 0 aliphatic carbocycles. The fraction of sp³-hybridized carbons (Fsp3) is 0.417. The maximum atomic E-state index is 11.7. The first kappa shape index (κ1) is 13.3. The van der Waals surface area contributed by atoms with Gasteiger partial charge in [-0.05, 0) is 15.9 Å². The number of nitrogens with one attached hydrogen (secondary N) is 1. The Hall–Kier alpha value is -1.67. The molecule has 106 valence electrons. The number of morpholine rings is 1. The highest BCUT2D eigenvalue weighted by molar-refractivity contribution is 9.10. The minimum atomic E-state index is -0.285. The van der Waals surface area contributed by atoms with E-state index in [9.17, 15) is 4.79 Å². The highest BCUT2D eigenvalue weighted by atomic mass is 79.9. The van der Waals surface area contributed by atoms with Gasteiger partial charge in [0.2, 0.25) is 0 Å². The molecule has 7 nitrogen and oxygen atoms in total. The van der Waals surface area contributed by atoms with Crippen LogP contribution in [0, 0.1) is 0 Å². The number of aromatic nitrogens is 2. The average Bonchev–Trinajstić information content (AvgIpc) is 2.90. The van der Waals surface area contributed by atoms with Crippen LogP contribution in [0.15, 0.2) is 15.2 Å². The number of hydrogen-bond acceptors (Lipinski definition) is 6. The lowest BCUT2D eigenvalue weighted by Gasteiger charge is -2.27. The fourth-order valence-corrected chi connectivity index (χ4v) is 2.47. The van der Waals surface area contributed by atoms with Crippen molar-refractivity contribution in [2.75, 3.05) is 38.3 Å². The van der Waals surface area contributed by atoms with Crippen LogP contribution < -0.4 is 10.2 Å². The molecule has 3 heterocycles. The standard InChI is InChI=1S/C12H13BrN4O3/c1-14-11(18)8-6-7-9(20-8)10(16-12(13)15-7)17-2-4-19-5-3-17/h6H,2-5H2,1H3,(H,14,18). The summed E-state index contributed by atoms with van der Waals surface area (Å²) in [6, 6.07) is 1.62. The summed E-state index contributed by atoms with van der Waals surface area (Å²) >= 11 is 3.29. The van der Waals surface area contributed by atoms with Crippen molar-refractivity contribution >= 4 is 38.8 Å². The number of carbonyl (C=O) groups excluding carboxylic acids is 1. The molecule has 1 amide bonds. The molecule has 1 N–H and O–H groups in total. The Kier molecular flexibility index (Phi) is 3.58. The van der Waals surface area contributed by atoms with Gasteiger partial charge in [0.1, 0.15) is 5.52 Å². The van der Waals surface area contributed by atoms with E-state index < -0.39 is 0 Å². The lowest BCUT2D eigenvalue weighted by Crippen LogP contribution is -2.36. The van der Waals surface area contributed by atoms with Crippen LogP contribution in [0.1, 0.15) is 10.6 Å². The van der Waals surface area contributed by atoms with E-state index >= 15 is 0 Å². The van der Waals surface area contributed by atoms with Crippen molar-refractivity contribution in [3.63, 3.8) is 0 Å². The second-order valence-corrected chi connectivity index (χ2v) is 5.03. The van der Waals surface area contributed by atoms with E-state index in [1.807, 2.05) is 0 Å². The number of furan rings is 1. The maximum Gasteiger partial charge on any atom is 0.286 e. The molecular weight excluding hydrogens is 328 g/mol. The Morgan fingerprint density at radius 1 is 1.40 bits per heavy atom. The second kappa shape index (κ2) is 5.37. The van der Waals surface area contributed by atoms with E-state index in [1.54, 1.807) is 13.1 Å². The van der Waals surface area contributed by atoms with E-state index in [4.69, 9.17) is 9.15 Å². The number of rotatable bonds is 2. The van der Waals surface area contributed by atoms with E-state index in [-0.39, 0.29) is 11.7 Å². The summed E-state index contributed by atoms with van der Waals surface area (Å²) in [6.45, 7) is 2.75. The van der Waals surface area contributed by atoms with Crippen molar-refractivity contribution in [1.82, 2.24) is 15.3 Å². The van der Waals surface area contributed by atoms with Crippen LogP contribution in [-0.2, 0) is 4.74 Å². The highest BCUT2D eigenvalue weighted by Crippen LogP contribution is 2.28. The predicted molar refractivity (Wildman–Crippen MR) is 75.9 cm³/mol. The minimum Gasteiger partial charge on any atom is -0.445 e. The van der Waals surface area contributed by atoms with Gasteiger partial charge in [-0.15, -0.1) is 0 Å². The summed E-state index contributed by atoms with van der Waals surface area (Å²) in [6.07, 6.45) is 0. The van der Waals surface area contributed by atoms with Crippen LogP contribution in [0.3, 0.4) is 0 Å². The zero-order valence-corrected chi connectivity index (χ0v) is 12.4. The summed E-state index contributed by atoms with van der Waals surface area (Å²) in [7, 11) is 1.56. The zero-order valence-electron chi connectivity index (χ0n) is 10.9. The molecule has 0 spiro atoms. The number of fused-ring (bicyclic) bond motifs is 1. The first-order valence-corrected chi connectivity index (χ1v) is 7.00. The van der Waals surface area contributed by atoms with Crippen molar-refractivity contribution in [2.45, 2.75) is 0 Å². The van der Waals surface area contributed by atoms with Gasteiger partial charge < -0.3 is 19.4 Å². The van der Waals surface area contributed by atoms with E-state index in [1.165, 1.54) is 0 Å². The summed E-state index contributed by atoms with van der Waals surface area (Å²) < 4.78 is 11.4. The molecule has 1 aliphatic rings. The average molecular weight is 341 g/mol. The molecule has 0 bridgehead atoms. The summed E-state index contributed by atoms with van der Waals surface area (Å²) in [5, 5.41) is 2.53. The van der Waals surface area contributed by atoms with Crippen LogP contribution in [0.4, 0.5) is 5.82 Å². The van der Waals surface area contributed by atoms with Crippen LogP contribution in [0.25, 0.3) is 11.1 Å². The Balaban J connectivity index is 2.10. The Morgan fingerprint density at radius 3 is 2.85 bits per heavy atom. The highest BCUT2D eigenvalue weighted by Gasteiger charge is 2.21. The van der Waals surface area contributed by atoms with Crippen molar-refractivity contribution in [3.8, 4) is 0 Å². The zero-order chi connectivity index (χ0) is 14.1. The van der Waals surface area contributed by atoms with Gasteiger partial charge in [0.15, 0.2) is 21.9 Å². The monoisotopic (exact) mass is 340 g/mol. The van der Waals surface area contributed by atoms with Gasteiger partial charge in [-0.1, -0.05) is 0 Å². The first-order chi connectivity index (χ1) is 9.69. The Bertz CT molecular complexity index is 651. The van der Waals surface area contributed by atoms with Gasteiger partial charge >= 0.3 is 0 Å². The first-order valence-electron chi connectivity index (χ1n) is 6.21. The maximum absolute atomic E-state index is 11.7. The normalized spacial score (nSPS) is 15.6. The second-order valence-electron chi connectivity index (χ2n) is 4.32. The van der Waals surface area contributed by atoms with Crippen molar-refractivity contribution in [2.24, 2.45) is 0 Å². The number of nitrogens with zero attached hydrogens (tertiary/aromatic N) is 3. The molecule has 2 aromatic heterocycles. The number of hydrogen-bond donors (Lipinski definition) is 1. The van der Waals surface area contributed by atoms with Crippen LogP contribution >= 0.6 is 15.9 Å². The lowest BCUT2D eigenvalue weighted by atomic mass is 10.3. The van der Waals surface area contributed by atoms with Gasteiger partial charge in [-0.25, -0.2) is 9.97 Å². The molecule has 20 heavy (non-hydrogen) atoms. The molecule has 0 radical (unpaired) electrons. The van der Waals surface area contributed by atoms with Crippen LogP contribution in [0.5, 0.6) is 0 Å². The van der Waals surface area contributed by atoms with Gasteiger partial charge in [0.25, 0.3) is 5.91 Å². The topological polar surface area (TPSA) is 80.5 Å². The van der Waals surface area contributed by atoms with E-state index in [2.05, 4.69) is 36.1 Å². The molecule has 1 fully saturated rings. The van der Waals surface area contributed by atoms with Crippen molar-refractivity contribution in [3.05, 3.63) is 16.6 Å². The molecule has 8 heteroatoms. The fourth-order valence-electron chi connectivity index (χ4n) is 2.11. The minimum absolute atomic E-state index is 0.226. The molecule has 0 atom stereocenters. The molecule has 3 rings (SSSR count). The smallest absolute Gasteiger partial charge is 0.286 e. The molecule has 1 saturated heterocycles. The number of ether oxygens (including phenoxy) is 1. The van der Waals surface area contributed by atoms with Gasteiger partial charge in [-0.3, -0.25) is 4.79 Å². The SMILES string of the molecule is CNC(=O)c1cc2nc(Br)nc(N3CCOCC3)c2o1. The quantitative estimate of drug-likeness (QED) is 0.827. The van der Waals surface area contributed by atoms with E-state index in [0.29, 0.717) is 34.9 Å². The van der Waals surface area contributed by atoms with Crippen LogP contribution in [0.2, 0.25) is 0 Å². The molecule has 1 aliphatic heterocycles. The Labute approximate surface area is 123 Å². The third-order valence-electron chi connectivity index (χ3n) is 3.09. The van der Waals surface area contributed by atoms with Crippen LogP contribution in [-0.4, -0.2) is 49.2 Å². The number of halogens is 1. The third-order valence-corrected chi connectivity index (χ3v) is 3.44. The molecule has 0 aromatic carbocycles. The third kappa shape index (κ3) is 2.36. The molecule has 0 unspecified atom stereocenters. The number of carbonyl (C=O) groups is 1. The van der Waals surface area contributed by atoms with Crippen molar-refractivity contribution in [1.29, 1.82) is 0 Å². The molecule has 2 aromatic rings. The summed E-state index contributed by atoms with van der Waals surface area (Å²) in [5.41, 5.74) is 1.13. The number of amides is 1. The van der Waals surface area contributed by atoms with Gasteiger partial charge in [0, 0.05) is 26.2 Å².